The first-order valence-corrected chi connectivity index (χ1v) is 9.37. The molecule has 0 saturated heterocycles. The minimum atomic E-state index is -1.17. The lowest BCUT2D eigenvalue weighted by atomic mass is 9.26. The third-order valence-corrected chi connectivity index (χ3v) is 7.98. The van der Waals surface area contributed by atoms with Crippen molar-refractivity contribution in [2.45, 2.75) is 46.1 Å². The van der Waals surface area contributed by atoms with Crippen molar-refractivity contribution in [3.05, 3.63) is 41.0 Å². The highest BCUT2D eigenvalue weighted by Gasteiger charge is 2.86. The van der Waals surface area contributed by atoms with Crippen LogP contribution in [0.1, 0.15) is 44.7 Å². The largest absolute Gasteiger partial charge is 0.388 e. The summed E-state index contributed by atoms with van der Waals surface area (Å²) in [7, 11) is 0. The van der Waals surface area contributed by atoms with Crippen LogP contribution in [0.2, 0.25) is 0 Å². The number of aliphatic hydroxyl groups excluding tert-OH is 2. The van der Waals surface area contributed by atoms with E-state index in [4.69, 9.17) is 5.11 Å². The van der Waals surface area contributed by atoms with Crippen LogP contribution in [0.4, 0.5) is 0 Å². The molecule has 0 amide bonds. The van der Waals surface area contributed by atoms with Gasteiger partial charge >= 0.3 is 0 Å². The van der Waals surface area contributed by atoms with Gasteiger partial charge in [-0.25, -0.2) is 0 Å². The summed E-state index contributed by atoms with van der Waals surface area (Å²) in [6.45, 7) is 5.89. The SMILES string of the molecule is CC12CCC3/C(=C\c4ccc(CC(O)C(=O)CO)cc4)C(C)(C1=O)C32C. The molecule has 4 heteroatoms. The van der Waals surface area contributed by atoms with Crippen LogP contribution in [0.25, 0.3) is 6.08 Å². The summed E-state index contributed by atoms with van der Waals surface area (Å²) < 4.78 is 0. The second-order valence-corrected chi connectivity index (χ2v) is 8.77. The van der Waals surface area contributed by atoms with Gasteiger partial charge in [-0.2, -0.15) is 0 Å². The normalized spacial score (nSPS) is 40.0. The Labute approximate surface area is 153 Å². The van der Waals surface area contributed by atoms with Gasteiger partial charge in [0, 0.05) is 17.3 Å². The van der Waals surface area contributed by atoms with Crippen LogP contribution >= 0.6 is 0 Å². The topological polar surface area (TPSA) is 74.6 Å². The highest BCUT2D eigenvalue weighted by atomic mass is 16.3. The number of hydrogen-bond acceptors (Lipinski definition) is 4. The summed E-state index contributed by atoms with van der Waals surface area (Å²) in [6.07, 6.45) is 3.28. The van der Waals surface area contributed by atoms with Crippen LogP contribution in [0.5, 0.6) is 0 Å². The van der Waals surface area contributed by atoms with Gasteiger partial charge in [0.25, 0.3) is 0 Å². The molecule has 0 spiro atoms. The molecule has 4 rings (SSSR count). The van der Waals surface area contributed by atoms with Crippen LogP contribution in [-0.2, 0) is 16.0 Å². The van der Waals surface area contributed by atoms with Gasteiger partial charge in [0.05, 0.1) is 5.41 Å². The minimum absolute atomic E-state index is 0.109. The zero-order valence-corrected chi connectivity index (χ0v) is 15.6. The van der Waals surface area contributed by atoms with Crippen LogP contribution in [0.15, 0.2) is 29.8 Å². The fourth-order valence-electron chi connectivity index (χ4n) is 6.13. The van der Waals surface area contributed by atoms with Gasteiger partial charge in [-0.05, 0) is 36.8 Å². The van der Waals surface area contributed by atoms with E-state index >= 15 is 0 Å². The molecule has 0 heterocycles. The zero-order valence-electron chi connectivity index (χ0n) is 15.6. The molecule has 5 unspecified atom stereocenters. The van der Waals surface area contributed by atoms with Gasteiger partial charge in [0.2, 0.25) is 0 Å². The second-order valence-electron chi connectivity index (χ2n) is 8.77. The fourth-order valence-corrected chi connectivity index (χ4v) is 6.13. The molecule has 3 fully saturated rings. The highest BCUT2D eigenvalue weighted by molar-refractivity contribution is 6.06. The first kappa shape index (κ1) is 17.6. The molecule has 1 aromatic rings. The Bertz CT molecular complexity index is 823. The molecule has 1 aromatic carbocycles. The lowest BCUT2D eigenvalue weighted by Crippen LogP contribution is -2.77. The molecule has 4 nitrogen and oxygen atoms in total. The molecular formula is C22H26O4. The fraction of sp³-hybridized carbons (Fsp3) is 0.545. The van der Waals surface area contributed by atoms with E-state index < -0.39 is 18.5 Å². The van der Waals surface area contributed by atoms with Crippen molar-refractivity contribution >= 4 is 17.6 Å². The molecule has 2 N–H and O–H groups in total. The Hall–Kier alpha value is -1.78. The van der Waals surface area contributed by atoms with Crippen LogP contribution in [-0.4, -0.2) is 34.5 Å². The molecule has 3 saturated carbocycles. The van der Waals surface area contributed by atoms with Gasteiger partial charge in [-0.1, -0.05) is 49.8 Å². The first-order valence-electron chi connectivity index (χ1n) is 9.37. The number of ketones is 2. The molecular weight excluding hydrogens is 328 g/mol. The molecule has 0 aromatic heterocycles. The van der Waals surface area contributed by atoms with Gasteiger partial charge in [-0.3, -0.25) is 9.59 Å². The quantitative estimate of drug-likeness (QED) is 0.852. The van der Waals surface area contributed by atoms with Gasteiger partial charge in [0.15, 0.2) is 5.78 Å². The Balaban J connectivity index is 1.55. The Morgan fingerprint density at radius 1 is 1.27 bits per heavy atom. The van der Waals surface area contributed by atoms with Gasteiger partial charge < -0.3 is 10.2 Å². The first-order chi connectivity index (χ1) is 12.2. The number of carbonyl (C=O) groups excluding carboxylic acids is 2. The third kappa shape index (κ3) is 1.82. The summed E-state index contributed by atoms with van der Waals surface area (Å²) in [4.78, 5) is 24.2. The number of aliphatic hydroxyl groups is 2. The zero-order chi connectivity index (χ0) is 18.9. The smallest absolute Gasteiger partial charge is 0.186 e. The molecule has 0 bridgehead atoms. The summed E-state index contributed by atoms with van der Waals surface area (Å²) in [6, 6.07) is 7.72. The molecule has 0 aliphatic heterocycles. The van der Waals surface area contributed by atoms with E-state index in [2.05, 4.69) is 26.8 Å². The number of allylic oxidation sites excluding steroid dienone is 1. The van der Waals surface area contributed by atoms with Crippen molar-refractivity contribution in [1.82, 2.24) is 0 Å². The van der Waals surface area contributed by atoms with Crippen molar-refractivity contribution in [3.8, 4) is 0 Å². The molecule has 26 heavy (non-hydrogen) atoms. The van der Waals surface area contributed by atoms with Crippen molar-refractivity contribution < 1.29 is 19.8 Å². The molecule has 5 atom stereocenters. The Morgan fingerprint density at radius 2 is 1.92 bits per heavy atom. The lowest BCUT2D eigenvalue weighted by Gasteiger charge is -2.74. The standard InChI is InChI=1S/C22H26O4/c1-20-9-8-15-16(21(2,19(20)26)22(15,20)3)10-13-4-6-14(7-5-13)11-17(24)18(25)12-23/h4-7,10,15,17,23-24H,8-9,11-12H2,1-3H3/b16-10+. The average Bonchev–Trinajstić information content (AvgIpc) is 2.81. The van der Waals surface area contributed by atoms with Gasteiger partial charge in [0.1, 0.15) is 18.5 Å². The van der Waals surface area contributed by atoms with E-state index in [1.54, 1.807) is 0 Å². The summed E-state index contributed by atoms with van der Waals surface area (Å²) in [5, 5.41) is 18.5. The van der Waals surface area contributed by atoms with Crippen molar-refractivity contribution in [1.29, 1.82) is 0 Å². The maximum atomic E-state index is 12.9. The molecule has 0 radical (unpaired) electrons. The summed E-state index contributed by atoms with van der Waals surface area (Å²) in [5.41, 5.74) is 2.82. The van der Waals surface area contributed by atoms with Crippen LogP contribution < -0.4 is 0 Å². The van der Waals surface area contributed by atoms with E-state index in [-0.39, 0.29) is 22.7 Å². The number of Topliss-reactive ketones (excluding diaryl/α,β-unsaturated/α-hetero) is 2. The maximum Gasteiger partial charge on any atom is 0.186 e. The lowest BCUT2D eigenvalue weighted by molar-refractivity contribution is -0.209. The third-order valence-electron chi connectivity index (χ3n) is 7.98. The Morgan fingerprint density at radius 3 is 2.54 bits per heavy atom. The van der Waals surface area contributed by atoms with E-state index in [0.29, 0.717) is 11.7 Å². The van der Waals surface area contributed by atoms with E-state index in [9.17, 15) is 14.7 Å². The van der Waals surface area contributed by atoms with Gasteiger partial charge in [-0.15, -0.1) is 0 Å². The molecule has 3 aliphatic carbocycles. The van der Waals surface area contributed by atoms with E-state index in [0.717, 1.165) is 24.0 Å². The minimum Gasteiger partial charge on any atom is -0.388 e. The monoisotopic (exact) mass is 354 g/mol. The number of benzene rings is 1. The number of carbonyl (C=O) groups is 2. The van der Waals surface area contributed by atoms with Crippen LogP contribution in [0.3, 0.4) is 0 Å². The Kier molecular flexibility index (Phi) is 3.64. The number of rotatable bonds is 5. The van der Waals surface area contributed by atoms with E-state index in [1.165, 1.54) is 5.57 Å². The molecule has 3 aliphatic rings. The predicted octanol–water partition coefficient (Wildman–Crippen LogP) is 2.56. The number of hydrogen-bond donors (Lipinski definition) is 2. The summed E-state index contributed by atoms with van der Waals surface area (Å²) in [5.74, 6) is 0.333. The highest BCUT2D eigenvalue weighted by Crippen LogP contribution is 2.86. The van der Waals surface area contributed by atoms with Crippen molar-refractivity contribution in [2.75, 3.05) is 6.61 Å². The van der Waals surface area contributed by atoms with Crippen LogP contribution in [0, 0.1) is 22.2 Å². The second kappa shape index (κ2) is 5.37. The van der Waals surface area contributed by atoms with Crippen molar-refractivity contribution in [3.63, 3.8) is 0 Å². The predicted molar refractivity (Wildman–Crippen MR) is 98.3 cm³/mol. The van der Waals surface area contributed by atoms with E-state index in [1.807, 2.05) is 24.3 Å². The molecule has 138 valence electrons. The van der Waals surface area contributed by atoms with Crippen molar-refractivity contribution in [2.24, 2.45) is 22.2 Å². The average molecular weight is 354 g/mol. The maximum absolute atomic E-state index is 12.9. The summed E-state index contributed by atoms with van der Waals surface area (Å²) >= 11 is 0.